The molecule has 0 spiro atoms. The van der Waals surface area contributed by atoms with Crippen molar-refractivity contribution in [2.24, 2.45) is 0 Å². The summed E-state index contributed by atoms with van der Waals surface area (Å²) in [6.07, 6.45) is 0. The summed E-state index contributed by atoms with van der Waals surface area (Å²) in [5.41, 5.74) is 1.78. The number of rotatable bonds is 8. The molecular formula is C22H18N4O7S. The molecule has 0 aliphatic rings. The lowest BCUT2D eigenvalue weighted by Crippen LogP contribution is -2.05. The molecule has 0 aliphatic heterocycles. The highest BCUT2D eigenvalue weighted by Gasteiger charge is 2.20. The fraction of sp³-hybridized carbons (Fsp3) is 0.182. The molecule has 2 aromatic heterocycles. The van der Waals surface area contributed by atoms with Crippen LogP contribution in [-0.2, 0) is 11.3 Å². The van der Waals surface area contributed by atoms with E-state index in [1.807, 2.05) is 6.07 Å². The average Bonchev–Trinajstić information content (AvgIpc) is 3.49. The van der Waals surface area contributed by atoms with Gasteiger partial charge < -0.3 is 18.7 Å². The Morgan fingerprint density at radius 1 is 1.06 bits per heavy atom. The molecule has 0 fully saturated rings. The van der Waals surface area contributed by atoms with Crippen LogP contribution in [0.1, 0.15) is 21.3 Å². The molecule has 12 heteroatoms. The largest absolute Gasteiger partial charge is 0.493 e. The number of aryl methyl sites for hydroxylation is 1. The van der Waals surface area contributed by atoms with Crippen LogP contribution in [0.5, 0.6) is 11.5 Å². The molecule has 0 saturated carbocycles. The molecule has 11 nitrogen and oxygen atoms in total. The zero-order valence-electron chi connectivity index (χ0n) is 18.3. The molecule has 0 amide bonds. The van der Waals surface area contributed by atoms with Crippen LogP contribution in [-0.4, -0.2) is 40.2 Å². The summed E-state index contributed by atoms with van der Waals surface area (Å²) in [4.78, 5) is 31.9. The summed E-state index contributed by atoms with van der Waals surface area (Å²) in [5, 5.41) is 15.2. The van der Waals surface area contributed by atoms with Crippen molar-refractivity contribution in [2.75, 3.05) is 14.2 Å². The lowest BCUT2D eigenvalue weighted by atomic mass is 10.2. The van der Waals surface area contributed by atoms with E-state index in [0.29, 0.717) is 32.6 Å². The highest BCUT2D eigenvalue weighted by molar-refractivity contribution is 7.17. The third kappa shape index (κ3) is 4.71. The van der Waals surface area contributed by atoms with Crippen LogP contribution >= 0.6 is 11.3 Å². The normalized spacial score (nSPS) is 10.7. The van der Waals surface area contributed by atoms with Crippen molar-refractivity contribution in [1.29, 1.82) is 0 Å². The van der Waals surface area contributed by atoms with Crippen molar-refractivity contribution in [1.82, 2.24) is 15.1 Å². The van der Waals surface area contributed by atoms with Gasteiger partial charge in [-0.25, -0.2) is 9.78 Å². The summed E-state index contributed by atoms with van der Waals surface area (Å²) in [6.45, 7) is 1.48. The first-order chi connectivity index (χ1) is 16.4. The van der Waals surface area contributed by atoms with E-state index in [2.05, 4.69) is 15.1 Å². The van der Waals surface area contributed by atoms with Gasteiger partial charge in [0.15, 0.2) is 18.1 Å². The van der Waals surface area contributed by atoms with Gasteiger partial charge in [0.2, 0.25) is 5.82 Å². The van der Waals surface area contributed by atoms with Crippen LogP contribution in [0.3, 0.4) is 0 Å². The van der Waals surface area contributed by atoms with E-state index in [-0.39, 0.29) is 24.0 Å². The van der Waals surface area contributed by atoms with E-state index in [1.165, 1.54) is 35.6 Å². The minimum atomic E-state index is -0.572. The SMILES string of the molecule is COc1ccc(-c2nc(C)c(C(=O)OCc3nc(-c4ccc([N+](=O)[O-])cc4)no3)s2)cc1OC. The number of non-ortho nitro benzene ring substituents is 1. The predicted octanol–water partition coefficient (Wildman–Crippen LogP) is 4.45. The van der Waals surface area contributed by atoms with E-state index in [1.54, 1.807) is 33.3 Å². The number of methoxy groups -OCH3 is 2. The molecule has 0 N–H and O–H groups in total. The number of aromatic nitrogens is 3. The smallest absolute Gasteiger partial charge is 0.350 e. The molecule has 4 aromatic rings. The Morgan fingerprint density at radius 2 is 1.76 bits per heavy atom. The number of nitro groups is 1. The summed E-state index contributed by atoms with van der Waals surface area (Å²) in [7, 11) is 3.10. The Kier molecular flexibility index (Phi) is 6.50. The van der Waals surface area contributed by atoms with E-state index < -0.39 is 10.9 Å². The van der Waals surface area contributed by atoms with Crippen molar-refractivity contribution in [2.45, 2.75) is 13.5 Å². The molecule has 174 valence electrons. The molecule has 4 rings (SSSR count). The fourth-order valence-electron chi connectivity index (χ4n) is 3.03. The van der Waals surface area contributed by atoms with Crippen LogP contribution < -0.4 is 9.47 Å². The number of esters is 1. The first-order valence-corrected chi connectivity index (χ1v) is 10.7. The van der Waals surface area contributed by atoms with E-state index in [4.69, 9.17) is 18.7 Å². The zero-order valence-corrected chi connectivity index (χ0v) is 19.1. The van der Waals surface area contributed by atoms with Crippen molar-refractivity contribution in [3.8, 4) is 33.5 Å². The fourth-order valence-corrected chi connectivity index (χ4v) is 3.99. The second kappa shape index (κ2) is 9.67. The maximum absolute atomic E-state index is 12.6. The average molecular weight is 482 g/mol. The molecule has 0 saturated heterocycles. The second-order valence-corrected chi connectivity index (χ2v) is 7.89. The first-order valence-electron chi connectivity index (χ1n) is 9.84. The number of nitrogens with zero attached hydrogens (tertiary/aromatic N) is 4. The molecule has 2 heterocycles. The number of thiazole rings is 1. The Bertz CT molecular complexity index is 1350. The van der Waals surface area contributed by atoms with Gasteiger partial charge in [-0.1, -0.05) is 5.16 Å². The number of benzene rings is 2. The number of ether oxygens (including phenoxy) is 3. The van der Waals surface area contributed by atoms with E-state index >= 15 is 0 Å². The Balaban J connectivity index is 1.44. The monoisotopic (exact) mass is 482 g/mol. The van der Waals surface area contributed by atoms with E-state index in [9.17, 15) is 14.9 Å². The van der Waals surface area contributed by atoms with Gasteiger partial charge in [-0.15, -0.1) is 11.3 Å². The van der Waals surface area contributed by atoms with Gasteiger partial charge in [0.1, 0.15) is 9.88 Å². The quantitative estimate of drug-likeness (QED) is 0.201. The molecule has 0 atom stereocenters. The molecule has 2 aromatic carbocycles. The Labute approximate surface area is 197 Å². The van der Waals surface area contributed by atoms with Gasteiger partial charge in [-0.3, -0.25) is 10.1 Å². The minimum absolute atomic E-state index is 0.0474. The van der Waals surface area contributed by atoms with Crippen molar-refractivity contribution in [3.63, 3.8) is 0 Å². The van der Waals surface area contributed by atoms with Crippen molar-refractivity contribution >= 4 is 23.0 Å². The number of carbonyl (C=O) groups is 1. The highest BCUT2D eigenvalue weighted by atomic mass is 32.1. The van der Waals surface area contributed by atoms with Crippen LogP contribution in [0.25, 0.3) is 22.0 Å². The summed E-state index contributed by atoms with van der Waals surface area (Å²) < 4.78 is 21.0. The summed E-state index contributed by atoms with van der Waals surface area (Å²) in [6, 6.07) is 11.1. The summed E-state index contributed by atoms with van der Waals surface area (Å²) in [5.74, 6) is 0.885. The molecular weight excluding hydrogens is 464 g/mol. The van der Waals surface area contributed by atoms with Gasteiger partial charge in [0, 0.05) is 23.3 Å². The van der Waals surface area contributed by atoms with Gasteiger partial charge in [0.05, 0.1) is 24.8 Å². The third-order valence-corrected chi connectivity index (χ3v) is 5.93. The second-order valence-electron chi connectivity index (χ2n) is 6.90. The summed E-state index contributed by atoms with van der Waals surface area (Å²) >= 11 is 1.19. The van der Waals surface area contributed by atoms with Crippen molar-refractivity contribution < 1.29 is 28.5 Å². The topological polar surface area (TPSA) is 140 Å². The number of carbonyl (C=O) groups excluding carboxylic acids is 1. The number of hydrogen-bond donors (Lipinski definition) is 0. The minimum Gasteiger partial charge on any atom is -0.493 e. The molecule has 0 bridgehead atoms. The Hall–Kier alpha value is -4.32. The van der Waals surface area contributed by atoms with Crippen LogP contribution in [0.4, 0.5) is 5.69 Å². The van der Waals surface area contributed by atoms with Crippen molar-refractivity contribution in [3.05, 3.63) is 69.0 Å². The van der Waals surface area contributed by atoms with Crippen LogP contribution in [0.2, 0.25) is 0 Å². The predicted molar refractivity (Wildman–Crippen MR) is 121 cm³/mol. The van der Waals surface area contributed by atoms with Crippen LogP contribution in [0, 0.1) is 17.0 Å². The van der Waals surface area contributed by atoms with Gasteiger partial charge >= 0.3 is 5.97 Å². The number of hydrogen-bond acceptors (Lipinski definition) is 11. The lowest BCUT2D eigenvalue weighted by molar-refractivity contribution is -0.384. The molecule has 0 unspecified atom stereocenters. The maximum atomic E-state index is 12.6. The van der Waals surface area contributed by atoms with Gasteiger partial charge in [-0.2, -0.15) is 4.98 Å². The lowest BCUT2D eigenvalue weighted by Gasteiger charge is -2.08. The Morgan fingerprint density at radius 3 is 2.44 bits per heavy atom. The third-order valence-electron chi connectivity index (χ3n) is 4.74. The highest BCUT2D eigenvalue weighted by Crippen LogP contribution is 2.35. The van der Waals surface area contributed by atoms with Crippen LogP contribution in [0.15, 0.2) is 47.0 Å². The first kappa shape index (κ1) is 22.9. The molecule has 0 radical (unpaired) electrons. The maximum Gasteiger partial charge on any atom is 0.350 e. The molecule has 0 aliphatic carbocycles. The van der Waals surface area contributed by atoms with Gasteiger partial charge in [-0.05, 0) is 37.3 Å². The van der Waals surface area contributed by atoms with E-state index in [0.717, 1.165) is 5.56 Å². The zero-order chi connectivity index (χ0) is 24.2. The standard InChI is InChI=1S/C22H18N4O7S/c1-12-19(34-21(23-12)14-6-9-16(30-2)17(10-14)31-3)22(27)32-11-18-24-20(25-33-18)13-4-7-15(8-5-13)26(28)29/h4-10H,11H2,1-3H3. The van der Waals surface area contributed by atoms with Gasteiger partial charge in [0.25, 0.3) is 11.6 Å². The molecule has 34 heavy (non-hydrogen) atoms. The number of nitro benzene ring substituents is 1.